The van der Waals surface area contributed by atoms with Gasteiger partial charge >= 0.3 is 0 Å². The van der Waals surface area contributed by atoms with Crippen molar-refractivity contribution in [1.82, 2.24) is 13.9 Å². The molecule has 1 fully saturated rings. The van der Waals surface area contributed by atoms with E-state index in [1.807, 2.05) is 25.9 Å². The second-order valence-corrected chi connectivity index (χ2v) is 7.27. The van der Waals surface area contributed by atoms with Crippen LogP contribution in [0.15, 0.2) is 0 Å². The molecule has 0 saturated carbocycles. The van der Waals surface area contributed by atoms with Crippen LogP contribution in [0.3, 0.4) is 0 Å². The zero-order valence-electron chi connectivity index (χ0n) is 12.3. The Hall–Kier alpha value is -0.210. The van der Waals surface area contributed by atoms with E-state index in [1.165, 1.54) is 0 Å². The van der Waals surface area contributed by atoms with Gasteiger partial charge in [0.05, 0.1) is 0 Å². The van der Waals surface area contributed by atoms with Crippen LogP contribution in [0.2, 0.25) is 0 Å². The molecular formula is C12H28N4O2S. The maximum Gasteiger partial charge on any atom is 0.279 e. The van der Waals surface area contributed by atoms with Gasteiger partial charge < -0.3 is 10.6 Å². The largest absolute Gasteiger partial charge is 0.329 e. The van der Waals surface area contributed by atoms with Gasteiger partial charge in [-0.3, -0.25) is 0 Å². The second kappa shape index (κ2) is 7.54. The lowest BCUT2D eigenvalue weighted by Crippen LogP contribution is -2.53. The van der Waals surface area contributed by atoms with E-state index in [4.69, 9.17) is 5.73 Å². The van der Waals surface area contributed by atoms with E-state index in [0.29, 0.717) is 13.1 Å². The van der Waals surface area contributed by atoms with E-state index in [-0.39, 0.29) is 12.1 Å². The van der Waals surface area contributed by atoms with E-state index in [9.17, 15) is 8.42 Å². The van der Waals surface area contributed by atoms with Gasteiger partial charge in [0.1, 0.15) is 0 Å². The maximum absolute atomic E-state index is 12.4. The van der Waals surface area contributed by atoms with Crippen LogP contribution in [0.1, 0.15) is 32.6 Å². The van der Waals surface area contributed by atoms with Crippen LogP contribution in [-0.2, 0) is 10.2 Å². The van der Waals surface area contributed by atoms with Crippen molar-refractivity contribution in [2.75, 3.05) is 33.7 Å². The van der Waals surface area contributed by atoms with Crippen molar-refractivity contribution in [3.8, 4) is 0 Å². The van der Waals surface area contributed by atoms with Crippen LogP contribution < -0.4 is 10.5 Å². The van der Waals surface area contributed by atoms with Gasteiger partial charge in [-0.05, 0) is 46.8 Å². The fourth-order valence-electron chi connectivity index (χ4n) is 2.36. The molecule has 114 valence electrons. The topological polar surface area (TPSA) is 78.7 Å². The first-order valence-electron chi connectivity index (χ1n) is 7.00. The van der Waals surface area contributed by atoms with Crippen LogP contribution in [0.5, 0.6) is 0 Å². The minimum atomic E-state index is -3.41. The van der Waals surface area contributed by atoms with E-state index in [2.05, 4.69) is 4.72 Å². The van der Waals surface area contributed by atoms with Crippen molar-refractivity contribution >= 4 is 10.2 Å². The zero-order valence-corrected chi connectivity index (χ0v) is 13.1. The zero-order chi connectivity index (χ0) is 14.5. The van der Waals surface area contributed by atoms with Gasteiger partial charge in [0.25, 0.3) is 10.2 Å². The molecule has 1 aliphatic rings. The molecule has 1 rings (SSSR count). The number of nitrogens with one attached hydrogen (secondary N) is 1. The number of nitrogens with two attached hydrogens (primary N) is 1. The third kappa shape index (κ3) is 5.35. The third-order valence-corrected chi connectivity index (χ3v) is 5.31. The molecule has 3 N–H and O–H groups in total. The van der Waals surface area contributed by atoms with E-state index in [1.54, 1.807) is 4.31 Å². The van der Waals surface area contributed by atoms with Gasteiger partial charge in [-0.25, -0.2) is 0 Å². The summed E-state index contributed by atoms with van der Waals surface area (Å²) in [6.45, 7) is 3.75. The summed E-state index contributed by atoms with van der Waals surface area (Å²) in [4.78, 5) is 2.05. The van der Waals surface area contributed by atoms with Crippen molar-refractivity contribution in [3.05, 3.63) is 0 Å². The minimum Gasteiger partial charge on any atom is -0.329 e. The quantitative estimate of drug-likeness (QED) is 0.691. The third-order valence-electron chi connectivity index (χ3n) is 3.51. The van der Waals surface area contributed by atoms with Crippen LogP contribution in [-0.4, -0.2) is 63.4 Å². The average molecular weight is 292 g/mol. The predicted octanol–water partition coefficient (Wildman–Crippen LogP) is -0.0258. The first-order chi connectivity index (χ1) is 8.86. The Labute approximate surface area is 117 Å². The molecule has 0 aromatic rings. The Kier molecular flexibility index (Phi) is 6.68. The molecule has 2 unspecified atom stereocenters. The molecule has 0 aromatic heterocycles. The molecule has 0 radical (unpaired) electrons. The lowest BCUT2D eigenvalue weighted by atomic mass is 10.1. The van der Waals surface area contributed by atoms with Crippen molar-refractivity contribution in [3.63, 3.8) is 0 Å². The van der Waals surface area contributed by atoms with Gasteiger partial charge in [0.2, 0.25) is 0 Å². The summed E-state index contributed by atoms with van der Waals surface area (Å²) in [7, 11) is 0.558. The summed E-state index contributed by atoms with van der Waals surface area (Å²) in [6, 6.07) is -0.111. The highest BCUT2D eigenvalue weighted by Crippen LogP contribution is 2.19. The molecule has 0 spiro atoms. The van der Waals surface area contributed by atoms with Crippen molar-refractivity contribution in [2.45, 2.75) is 44.7 Å². The summed E-state index contributed by atoms with van der Waals surface area (Å²) in [5.74, 6) is 0. The lowest BCUT2D eigenvalue weighted by Gasteiger charge is -2.34. The maximum atomic E-state index is 12.4. The molecule has 2 atom stereocenters. The molecule has 0 amide bonds. The van der Waals surface area contributed by atoms with E-state index < -0.39 is 10.2 Å². The molecule has 6 nitrogen and oxygen atoms in total. The van der Waals surface area contributed by atoms with Crippen LogP contribution in [0.25, 0.3) is 0 Å². The summed E-state index contributed by atoms with van der Waals surface area (Å²) in [6.07, 6.45) is 3.64. The number of piperidine rings is 1. The SMILES string of the molecule is CC(CCN(C)C)NS(=O)(=O)N1CCCCC1CN. The molecule has 0 aliphatic carbocycles. The standard InChI is InChI=1S/C12H28N4O2S/c1-11(7-9-15(2)3)14-19(17,18)16-8-5-4-6-12(16)10-13/h11-12,14H,4-10,13H2,1-3H3. The Morgan fingerprint density at radius 3 is 2.68 bits per heavy atom. The Morgan fingerprint density at radius 1 is 1.42 bits per heavy atom. The molecule has 1 aliphatic heterocycles. The van der Waals surface area contributed by atoms with Crippen LogP contribution >= 0.6 is 0 Å². The van der Waals surface area contributed by atoms with E-state index in [0.717, 1.165) is 32.2 Å². The summed E-state index contributed by atoms with van der Waals surface area (Å²) in [5, 5.41) is 0. The van der Waals surface area contributed by atoms with Crippen molar-refractivity contribution in [2.24, 2.45) is 5.73 Å². The monoisotopic (exact) mass is 292 g/mol. The molecular weight excluding hydrogens is 264 g/mol. The number of hydrogen-bond donors (Lipinski definition) is 2. The van der Waals surface area contributed by atoms with Gasteiger partial charge in [0, 0.05) is 25.2 Å². The summed E-state index contributed by atoms with van der Waals surface area (Å²) >= 11 is 0. The minimum absolute atomic E-state index is 0.0488. The summed E-state index contributed by atoms with van der Waals surface area (Å²) in [5.41, 5.74) is 5.68. The van der Waals surface area contributed by atoms with Crippen molar-refractivity contribution < 1.29 is 8.42 Å². The van der Waals surface area contributed by atoms with Crippen molar-refractivity contribution in [1.29, 1.82) is 0 Å². The number of nitrogens with zero attached hydrogens (tertiary/aromatic N) is 2. The first kappa shape index (κ1) is 16.8. The van der Waals surface area contributed by atoms with Crippen LogP contribution in [0, 0.1) is 0 Å². The predicted molar refractivity (Wildman–Crippen MR) is 78.1 cm³/mol. The van der Waals surface area contributed by atoms with Gasteiger partial charge in [-0.15, -0.1) is 0 Å². The molecule has 7 heteroatoms. The number of rotatable bonds is 7. The molecule has 19 heavy (non-hydrogen) atoms. The Bertz CT molecular complexity index is 359. The molecule has 0 aromatic carbocycles. The highest BCUT2D eigenvalue weighted by molar-refractivity contribution is 7.87. The molecule has 0 bridgehead atoms. The van der Waals surface area contributed by atoms with Crippen LogP contribution in [0.4, 0.5) is 0 Å². The van der Waals surface area contributed by atoms with Gasteiger partial charge in [-0.1, -0.05) is 6.42 Å². The second-order valence-electron chi connectivity index (χ2n) is 5.61. The average Bonchev–Trinajstić information content (AvgIpc) is 2.35. The fraction of sp³-hybridized carbons (Fsp3) is 1.00. The first-order valence-corrected chi connectivity index (χ1v) is 8.44. The fourth-order valence-corrected chi connectivity index (χ4v) is 4.07. The van der Waals surface area contributed by atoms with Gasteiger partial charge in [-0.2, -0.15) is 17.4 Å². The Morgan fingerprint density at radius 2 is 2.11 bits per heavy atom. The normalized spacial score (nSPS) is 23.7. The Balaban J connectivity index is 2.58. The molecule has 1 saturated heterocycles. The number of hydrogen-bond acceptors (Lipinski definition) is 4. The highest BCUT2D eigenvalue weighted by Gasteiger charge is 2.32. The highest BCUT2D eigenvalue weighted by atomic mass is 32.2. The smallest absolute Gasteiger partial charge is 0.279 e. The summed E-state index contributed by atoms with van der Waals surface area (Å²) < 4.78 is 29.0. The van der Waals surface area contributed by atoms with E-state index >= 15 is 0 Å². The lowest BCUT2D eigenvalue weighted by molar-refractivity contribution is 0.252. The molecule has 1 heterocycles. The van der Waals surface area contributed by atoms with Gasteiger partial charge in [0.15, 0.2) is 0 Å².